The molecule has 0 saturated heterocycles. The lowest BCUT2D eigenvalue weighted by Crippen LogP contribution is -1.88. The van der Waals surface area contributed by atoms with Crippen molar-refractivity contribution in [2.45, 2.75) is 33.6 Å². The first-order valence-corrected chi connectivity index (χ1v) is 3.97. The molecule has 1 atom stereocenters. The van der Waals surface area contributed by atoms with Crippen molar-refractivity contribution in [2.75, 3.05) is 0 Å². The smallest absolute Gasteiger partial charge is 0.0225 e. The number of hydrogen-bond donors (Lipinski definition) is 0. The lowest BCUT2D eigenvalue weighted by atomic mass is 10.0. The second-order valence-corrected chi connectivity index (χ2v) is 2.97. The Morgan fingerprint density at radius 3 is 2.60 bits per heavy atom. The van der Waals surface area contributed by atoms with Crippen LogP contribution in [0, 0.1) is 5.92 Å². The maximum absolute atomic E-state index is 3.87. The lowest BCUT2D eigenvalue weighted by molar-refractivity contribution is 0.715. The molecule has 0 aromatic carbocycles. The van der Waals surface area contributed by atoms with Gasteiger partial charge in [-0.15, -0.1) is 6.58 Å². The zero-order chi connectivity index (χ0) is 7.98. The van der Waals surface area contributed by atoms with E-state index in [2.05, 4.69) is 39.5 Å². The van der Waals surface area contributed by atoms with Gasteiger partial charge in [-0.1, -0.05) is 31.6 Å². The van der Waals surface area contributed by atoms with Crippen molar-refractivity contribution in [3.8, 4) is 0 Å². The molecule has 58 valence electrons. The highest BCUT2D eigenvalue weighted by atomic mass is 14.0. The third-order valence-corrected chi connectivity index (χ3v) is 1.37. The molecule has 10 heavy (non-hydrogen) atoms. The quantitative estimate of drug-likeness (QED) is 0.521. The molecule has 0 fully saturated rings. The van der Waals surface area contributed by atoms with Gasteiger partial charge in [0.05, 0.1) is 0 Å². The summed E-state index contributed by atoms with van der Waals surface area (Å²) in [5.41, 5.74) is 1.27. The van der Waals surface area contributed by atoms with Gasteiger partial charge in [0.2, 0.25) is 0 Å². The van der Waals surface area contributed by atoms with E-state index in [0.717, 1.165) is 12.8 Å². The lowest BCUT2D eigenvalue weighted by Gasteiger charge is -2.03. The largest absolute Gasteiger partial charge is 0.100 e. The SMILES string of the molecule is C=C(C)CC(C)C=CCC. The maximum atomic E-state index is 3.87. The van der Waals surface area contributed by atoms with Gasteiger partial charge < -0.3 is 0 Å². The molecule has 0 amide bonds. The molecular weight excluding hydrogens is 120 g/mol. The van der Waals surface area contributed by atoms with Crippen LogP contribution in [0.2, 0.25) is 0 Å². The topological polar surface area (TPSA) is 0 Å². The summed E-state index contributed by atoms with van der Waals surface area (Å²) in [6, 6.07) is 0. The van der Waals surface area contributed by atoms with Crippen molar-refractivity contribution in [1.82, 2.24) is 0 Å². The van der Waals surface area contributed by atoms with Crippen LogP contribution in [-0.4, -0.2) is 0 Å². The fraction of sp³-hybridized carbons (Fsp3) is 0.600. The average molecular weight is 138 g/mol. The standard InChI is InChI=1S/C10H18/c1-5-6-7-10(4)8-9(2)3/h6-7,10H,2,5,8H2,1,3-4H3. The number of rotatable bonds is 4. The molecule has 0 nitrogen and oxygen atoms in total. The van der Waals surface area contributed by atoms with Crippen LogP contribution in [0.5, 0.6) is 0 Å². The maximum Gasteiger partial charge on any atom is -0.0225 e. The van der Waals surface area contributed by atoms with Crippen LogP contribution >= 0.6 is 0 Å². The van der Waals surface area contributed by atoms with Gasteiger partial charge >= 0.3 is 0 Å². The summed E-state index contributed by atoms with van der Waals surface area (Å²) < 4.78 is 0. The molecule has 0 N–H and O–H groups in total. The van der Waals surface area contributed by atoms with Gasteiger partial charge in [-0.25, -0.2) is 0 Å². The highest BCUT2D eigenvalue weighted by Gasteiger charge is 1.94. The van der Waals surface area contributed by atoms with Crippen LogP contribution in [0.3, 0.4) is 0 Å². The van der Waals surface area contributed by atoms with E-state index in [4.69, 9.17) is 0 Å². The molecule has 1 unspecified atom stereocenters. The molecule has 0 aliphatic heterocycles. The molecule has 0 bridgehead atoms. The minimum absolute atomic E-state index is 0.664. The summed E-state index contributed by atoms with van der Waals surface area (Å²) in [5, 5.41) is 0. The summed E-state index contributed by atoms with van der Waals surface area (Å²) in [4.78, 5) is 0. The monoisotopic (exact) mass is 138 g/mol. The van der Waals surface area contributed by atoms with E-state index < -0.39 is 0 Å². The fourth-order valence-electron chi connectivity index (χ4n) is 0.986. The Hall–Kier alpha value is -0.520. The minimum atomic E-state index is 0.664. The van der Waals surface area contributed by atoms with Gasteiger partial charge in [0.15, 0.2) is 0 Å². The van der Waals surface area contributed by atoms with Gasteiger partial charge in [0.25, 0.3) is 0 Å². The van der Waals surface area contributed by atoms with Gasteiger partial charge in [0.1, 0.15) is 0 Å². The highest BCUT2D eigenvalue weighted by Crippen LogP contribution is 2.09. The van der Waals surface area contributed by atoms with E-state index in [0.29, 0.717) is 5.92 Å². The van der Waals surface area contributed by atoms with Crippen LogP contribution in [0.4, 0.5) is 0 Å². The summed E-state index contributed by atoms with van der Waals surface area (Å²) >= 11 is 0. The molecule has 0 aliphatic carbocycles. The first-order chi connectivity index (χ1) is 4.66. The number of hydrogen-bond acceptors (Lipinski definition) is 0. The van der Waals surface area contributed by atoms with E-state index in [-0.39, 0.29) is 0 Å². The second kappa shape index (κ2) is 5.28. The molecule has 0 spiro atoms. The molecule has 0 heteroatoms. The molecule has 0 aromatic rings. The van der Waals surface area contributed by atoms with E-state index in [1.54, 1.807) is 0 Å². The van der Waals surface area contributed by atoms with Crippen molar-refractivity contribution in [2.24, 2.45) is 5.92 Å². The zero-order valence-corrected chi connectivity index (χ0v) is 7.35. The summed E-state index contributed by atoms with van der Waals surface area (Å²) in [6.07, 6.45) is 6.74. The van der Waals surface area contributed by atoms with Crippen LogP contribution in [-0.2, 0) is 0 Å². The van der Waals surface area contributed by atoms with E-state index in [1.165, 1.54) is 5.57 Å². The van der Waals surface area contributed by atoms with Gasteiger partial charge in [-0.3, -0.25) is 0 Å². The Morgan fingerprint density at radius 1 is 1.60 bits per heavy atom. The van der Waals surface area contributed by atoms with Crippen LogP contribution in [0.25, 0.3) is 0 Å². The van der Waals surface area contributed by atoms with Gasteiger partial charge in [-0.2, -0.15) is 0 Å². The normalized spacial score (nSPS) is 13.9. The highest BCUT2D eigenvalue weighted by molar-refractivity contribution is 4.96. The molecule has 0 radical (unpaired) electrons. The number of allylic oxidation sites excluding steroid dienone is 3. The van der Waals surface area contributed by atoms with Crippen LogP contribution in [0.15, 0.2) is 24.3 Å². The Morgan fingerprint density at radius 2 is 2.20 bits per heavy atom. The molecule has 0 saturated carbocycles. The molecule has 0 aromatic heterocycles. The Bertz CT molecular complexity index is 120. The summed E-state index contributed by atoms with van der Waals surface area (Å²) in [6.45, 7) is 10.3. The Labute approximate surface area is 64.6 Å². The Kier molecular flexibility index (Phi) is 5.00. The Balaban J connectivity index is 3.52. The second-order valence-electron chi connectivity index (χ2n) is 2.97. The first-order valence-electron chi connectivity index (χ1n) is 3.97. The molecule has 0 aliphatic rings. The third-order valence-electron chi connectivity index (χ3n) is 1.37. The van der Waals surface area contributed by atoms with E-state index in [9.17, 15) is 0 Å². The third kappa shape index (κ3) is 5.61. The molecule has 0 heterocycles. The van der Waals surface area contributed by atoms with Crippen molar-refractivity contribution in [3.63, 3.8) is 0 Å². The van der Waals surface area contributed by atoms with Crippen LogP contribution in [0.1, 0.15) is 33.6 Å². The predicted octanol–water partition coefficient (Wildman–Crippen LogP) is 3.55. The first kappa shape index (κ1) is 9.48. The summed E-state index contributed by atoms with van der Waals surface area (Å²) in [5.74, 6) is 0.664. The van der Waals surface area contributed by atoms with Crippen molar-refractivity contribution < 1.29 is 0 Å². The fourth-order valence-corrected chi connectivity index (χ4v) is 0.986. The minimum Gasteiger partial charge on any atom is -0.100 e. The van der Waals surface area contributed by atoms with Crippen molar-refractivity contribution in [1.29, 1.82) is 0 Å². The predicted molar refractivity (Wildman–Crippen MR) is 48.0 cm³/mol. The molecule has 0 rings (SSSR count). The molecular formula is C10H18. The van der Waals surface area contributed by atoms with E-state index in [1.807, 2.05) is 0 Å². The van der Waals surface area contributed by atoms with Gasteiger partial charge in [0, 0.05) is 0 Å². The van der Waals surface area contributed by atoms with Gasteiger partial charge in [-0.05, 0) is 25.7 Å². The van der Waals surface area contributed by atoms with E-state index >= 15 is 0 Å². The average Bonchev–Trinajstić information content (AvgIpc) is 1.82. The van der Waals surface area contributed by atoms with Crippen molar-refractivity contribution in [3.05, 3.63) is 24.3 Å². The summed E-state index contributed by atoms with van der Waals surface area (Å²) in [7, 11) is 0. The van der Waals surface area contributed by atoms with Crippen LogP contribution < -0.4 is 0 Å². The zero-order valence-electron chi connectivity index (χ0n) is 7.35. The van der Waals surface area contributed by atoms with Crippen molar-refractivity contribution >= 4 is 0 Å².